The van der Waals surface area contributed by atoms with Gasteiger partial charge in [0, 0.05) is 6.42 Å². The number of esters is 2. The summed E-state index contributed by atoms with van der Waals surface area (Å²) < 4.78 is 10.3. The molecule has 2 aromatic carbocycles. The van der Waals surface area contributed by atoms with Gasteiger partial charge in [0.15, 0.2) is 0 Å². The van der Waals surface area contributed by atoms with Crippen LogP contribution in [0.4, 0.5) is 0 Å². The molecule has 0 saturated heterocycles. The van der Waals surface area contributed by atoms with Crippen LogP contribution in [0.1, 0.15) is 145 Å². The number of carbonyl (C=O) groups is 2. The van der Waals surface area contributed by atoms with Gasteiger partial charge in [-0.05, 0) is 30.5 Å². The summed E-state index contributed by atoms with van der Waals surface area (Å²) in [6.07, 6.45) is 23.1. The number of phenols is 1. The molecule has 0 aliphatic rings. The lowest BCUT2D eigenvalue weighted by Gasteiger charge is -2.05. The Labute approximate surface area is 250 Å². The maximum absolute atomic E-state index is 11.7. The number of hydrogen-bond donors (Lipinski definition) is 1. The van der Waals surface area contributed by atoms with Crippen molar-refractivity contribution in [2.75, 3.05) is 6.61 Å². The Morgan fingerprint density at radius 1 is 0.585 bits per heavy atom. The van der Waals surface area contributed by atoms with E-state index in [4.69, 9.17) is 9.47 Å². The van der Waals surface area contributed by atoms with E-state index < -0.39 is 5.97 Å². The molecule has 0 atom stereocenters. The van der Waals surface area contributed by atoms with Gasteiger partial charge < -0.3 is 14.6 Å². The van der Waals surface area contributed by atoms with Crippen LogP contribution in [0, 0.1) is 0 Å². The third kappa shape index (κ3) is 20.7. The molecule has 2 aromatic rings. The van der Waals surface area contributed by atoms with Gasteiger partial charge in [0.1, 0.15) is 17.9 Å². The van der Waals surface area contributed by atoms with E-state index in [1.807, 2.05) is 30.3 Å². The summed E-state index contributed by atoms with van der Waals surface area (Å²) in [5.41, 5.74) is 1.10. The first-order valence-corrected chi connectivity index (χ1v) is 16.2. The lowest BCUT2D eigenvalue weighted by molar-refractivity contribution is -0.143. The molecule has 1 N–H and O–H groups in total. The molecule has 230 valence electrons. The number of rotatable bonds is 22. The Morgan fingerprint density at radius 2 is 1.07 bits per heavy atom. The second-order valence-corrected chi connectivity index (χ2v) is 10.9. The highest BCUT2D eigenvalue weighted by Gasteiger charge is 2.11. The van der Waals surface area contributed by atoms with Gasteiger partial charge in [0.2, 0.25) is 0 Å². The van der Waals surface area contributed by atoms with Gasteiger partial charge in [-0.25, -0.2) is 4.79 Å². The van der Waals surface area contributed by atoms with E-state index in [1.54, 1.807) is 12.1 Å². The number of para-hydroxylation sites is 1. The zero-order chi connectivity index (χ0) is 29.8. The lowest BCUT2D eigenvalue weighted by Crippen LogP contribution is -2.05. The highest BCUT2D eigenvalue weighted by Crippen LogP contribution is 2.17. The molecule has 0 aliphatic carbocycles. The van der Waals surface area contributed by atoms with E-state index in [1.165, 1.54) is 102 Å². The predicted octanol–water partition coefficient (Wildman–Crippen LogP) is 10.3. The van der Waals surface area contributed by atoms with Crippen molar-refractivity contribution in [3.05, 3.63) is 65.7 Å². The summed E-state index contributed by atoms with van der Waals surface area (Å²) in [6, 6.07) is 15.7. The summed E-state index contributed by atoms with van der Waals surface area (Å²) in [6.45, 7) is 5.20. The van der Waals surface area contributed by atoms with Crippen molar-refractivity contribution in [1.82, 2.24) is 0 Å². The normalized spacial score (nSPS) is 10.5. The topological polar surface area (TPSA) is 72.8 Å². The van der Waals surface area contributed by atoms with E-state index in [0.717, 1.165) is 24.8 Å². The average molecular weight is 569 g/mol. The van der Waals surface area contributed by atoms with Crippen molar-refractivity contribution in [1.29, 1.82) is 0 Å². The molecule has 0 aromatic heterocycles. The molecule has 2 rings (SSSR count). The van der Waals surface area contributed by atoms with E-state index in [0.29, 0.717) is 13.0 Å². The fourth-order valence-corrected chi connectivity index (χ4v) is 4.49. The third-order valence-corrected chi connectivity index (χ3v) is 7.08. The molecule has 5 nitrogen and oxygen atoms in total. The number of benzene rings is 2. The van der Waals surface area contributed by atoms with Crippen LogP contribution < -0.4 is 0 Å². The minimum absolute atomic E-state index is 0.00172. The smallest absolute Gasteiger partial charge is 0.342 e. The molecule has 0 bridgehead atoms. The van der Waals surface area contributed by atoms with E-state index in [-0.39, 0.29) is 23.9 Å². The van der Waals surface area contributed by atoms with Crippen LogP contribution in [-0.2, 0) is 20.9 Å². The first-order chi connectivity index (χ1) is 20.1. The quantitative estimate of drug-likeness (QED) is 0.113. The molecular weight excluding hydrogens is 512 g/mol. The molecule has 0 amide bonds. The average Bonchev–Trinajstić information content (AvgIpc) is 2.99. The maximum Gasteiger partial charge on any atom is 0.342 e. The van der Waals surface area contributed by atoms with Crippen LogP contribution in [0.2, 0.25) is 0 Å². The number of unbranched alkanes of at least 4 members (excludes halogenated alkanes) is 15. The van der Waals surface area contributed by atoms with Gasteiger partial charge in [-0.1, -0.05) is 153 Å². The summed E-state index contributed by atoms with van der Waals surface area (Å²) in [4.78, 5) is 23.1. The number of ether oxygens (including phenoxy) is 2. The molecule has 41 heavy (non-hydrogen) atoms. The monoisotopic (exact) mass is 568 g/mol. The molecule has 0 heterocycles. The standard InChI is InChI=1S/C22H44O2.C14H12O3/c1-3-5-7-8-9-10-11-12-13-14-15-16-17-18-19-20-22(23)24-21-6-4-2;15-13-9-5-4-8-12(13)14(16)17-10-11-6-2-1-3-7-11/h3-21H2,1-2H3;1-9,15H,10H2. The number of aromatic hydroxyl groups is 1. The van der Waals surface area contributed by atoms with Crippen LogP contribution in [0.15, 0.2) is 54.6 Å². The van der Waals surface area contributed by atoms with Crippen molar-refractivity contribution < 1.29 is 24.2 Å². The highest BCUT2D eigenvalue weighted by atomic mass is 16.5. The minimum Gasteiger partial charge on any atom is -0.507 e. The number of hydrogen-bond acceptors (Lipinski definition) is 5. The highest BCUT2D eigenvalue weighted by molar-refractivity contribution is 5.92. The van der Waals surface area contributed by atoms with Gasteiger partial charge in [-0.2, -0.15) is 0 Å². The molecule has 0 unspecified atom stereocenters. The van der Waals surface area contributed by atoms with E-state index in [2.05, 4.69) is 13.8 Å². The third-order valence-electron chi connectivity index (χ3n) is 7.08. The molecule has 0 aliphatic heterocycles. The van der Waals surface area contributed by atoms with Crippen LogP contribution in [-0.4, -0.2) is 23.7 Å². The van der Waals surface area contributed by atoms with Crippen LogP contribution in [0.5, 0.6) is 5.75 Å². The van der Waals surface area contributed by atoms with Crippen molar-refractivity contribution in [3.63, 3.8) is 0 Å². The summed E-state index contributed by atoms with van der Waals surface area (Å²) >= 11 is 0. The van der Waals surface area contributed by atoms with E-state index >= 15 is 0 Å². The van der Waals surface area contributed by atoms with Gasteiger partial charge >= 0.3 is 11.9 Å². The summed E-state index contributed by atoms with van der Waals surface area (Å²) in [5.74, 6) is -0.587. The second-order valence-electron chi connectivity index (χ2n) is 10.9. The van der Waals surface area contributed by atoms with Crippen LogP contribution in [0.3, 0.4) is 0 Å². The molecule has 0 radical (unpaired) electrons. The van der Waals surface area contributed by atoms with Crippen molar-refractivity contribution in [2.24, 2.45) is 0 Å². The molecule has 0 spiro atoms. The van der Waals surface area contributed by atoms with Gasteiger partial charge in [-0.3, -0.25) is 4.79 Å². The van der Waals surface area contributed by atoms with Crippen molar-refractivity contribution in [3.8, 4) is 5.75 Å². The number of carbonyl (C=O) groups excluding carboxylic acids is 2. The first kappa shape index (κ1) is 36.2. The SMILES string of the molecule is CCCCCCCCCCCCCCCCCC(=O)OCCCC.O=C(OCc1ccccc1)c1ccccc1O. The Bertz CT molecular complexity index is 896. The number of phenolic OH excluding ortho intramolecular Hbond substituents is 1. The van der Waals surface area contributed by atoms with Crippen LogP contribution >= 0.6 is 0 Å². The summed E-state index contributed by atoms with van der Waals surface area (Å²) in [5, 5.41) is 9.48. The lowest BCUT2D eigenvalue weighted by atomic mass is 10.0. The fourth-order valence-electron chi connectivity index (χ4n) is 4.49. The Kier molecular flexibility index (Phi) is 23.1. The summed E-state index contributed by atoms with van der Waals surface area (Å²) in [7, 11) is 0. The van der Waals surface area contributed by atoms with Crippen molar-refractivity contribution >= 4 is 11.9 Å². The predicted molar refractivity (Wildman–Crippen MR) is 169 cm³/mol. The molecule has 0 fully saturated rings. The Morgan fingerprint density at radius 3 is 1.61 bits per heavy atom. The van der Waals surface area contributed by atoms with Crippen molar-refractivity contribution in [2.45, 2.75) is 136 Å². The van der Waals surface area contributed by atoms with Gasteiger partial charge in [-0.15, -0.1) is 0 Å². The largest absolute Gasteiger partial charge is 0.507 e. The molecule has 5 heteroatoms. The van der Waals surface area contributed by atoms with Gasteiger partial charge in [0.05, 0.1) is 6.61 Å². The van der Waals surface area contributed by atoms with Crippen LogP contribution in [0.25, 0.3) is 0 Å². The van der Waals surface area contributed by atoms with E-state index in [9.17, 15) is 14.7 Å². The second kappa shape index (κ2) is 26.1. The zero-order valence-electron chi connectivity index (χ0n) is 25.9. The fraction of sp³-hybridized carbons (Fsp3) is 0.611. The Balaban J connectivity index is 0.000000431. The first-order valence-electron chi connectivity index (χ1n) is 16.2. The maximum atomic E-state index is 11.7. The molecular formula is C36H56O5. The van der Waals surface area contributed by atoms with Gasteiger partial charge in [0.25, 0.3) is 0 Å². The molecule has 0 saturated carbocycles. The zero-order valence-corrected chi connectivity index (χ0v) is 25.9. The minimum atomic E-state index is -0.521. The Hall–Kier alpha value is -2.82.